The summed E-state index contributed by atoms with van der Waals surface area (Å²) in [6, 6.07) is 6.06. The van der Waals surface area contributed by atoms with Crippen LogP contribution >= 0.6 is 0 Å². The summed E-state index contributed by atoms with van der Waals surface area (Å²) in [7, 11) is 3.17. The number of carbonyl (C=O) groups is 1. The number of esters is 1. The molecular formula is C18H22N2O3. The number of methoxy groups -OCH3 is 2. The van der Waals surface area contributed by atoms with Gasteiger partial charge in [0.2, 0.25) is 0 Å². The molecule has 1 N–H and O–H groups in total. The zero-order valence-corrected chi connectivity index (χ0v) is 13.6. The molecule has 3 heterocycles. The largest absolute Gasteiger partial charge is 0.497 e. The minimum absolute atomic E-state index is 0.121. The molecular weight excluding hydrogens is 292 g/mol. The summed E-state index contributed by atoms with van der Waals surface area (Å²) in [4.78, 5) is 18.6. The van der Waals surface area contributed by atoms with E-state index < -0.39 is 5.41 Å². The Morgan fingerprint density at radius 1 is 1.30 bits per heavy atom. The third-order valence-corrected chi connectivity index (χ3v) is 5.42. The first-order valence-corrected chi connectivity index (χ1v) is 8.18. The number of aromatic amines is 1. The van der Waals surface area contributed by atoms with Crippen molar-refractivity contribution in [2.24, 2.45) is 0 Å². The number of ether oxygens (including phenoxy) is 2. The van der Waals surface area contributed by atoms with E-state index in [0.29, 0.717) is 0 Å². The maximum atomic E-state index is 12.7. The predicted octanol–water partition coefficient (Wildman–Crippen LogP) is 2.24. The van der Waals surface area contributed by atoms with Gasteiger partial charge in [0.25, 0.3) is 0 Å². The SMILES string of the molecule is COC(=O)C12CCCN(CCc3c1[nH]c1ccc(OC)cc31)C2. The highest BCUT2D eigenvalue weighted by Gasteiger charge is 2.48. The second kappa shape index (κ2) is 5.27. The van der Waals surface area contributed by atoms with Crippen molar-refractivity contribution in [1.29, 1.82) is 0 Å². The molecule has 0 aliphatic carbocycles. The second-order valence-corrected chi connectivity index (χ2v) is 6.59. The van der Waals surface area contributed by atoms with Crippen molar-refractivity contribution in [3.63, 3.8) is 0 Å². The molecule has 1 saturated heterocycles. The number of fused-ring (bicyclic) bond motifs is 6. The maximum absolute atomic E-state index is 12.7. The fourth-order valence-electron chi connectivity index (χ4n) is 4.30. The topological polar surface area (TPSA) is 54.6 Å². The van der Waals surface area contributed by atoms with E-state index in [1.54, 1.807) is 7.11 Å². The molecule has 5 nitrogen and oxygen atoms in total. The van der Waals surface area contributed by atoms with Crippen molar-refractivity contribution in [2.45, 2.75) is 24.7 Å². The lowest BCUT2D eigenvalue weighted by Gasteiger charge is -2.38. The number of hydrogen-bond acceptors (Lipinski definition) is 4. The Kier molecular flexibility index (Phi) is 3.34. The van der Waals surface area contributed by atoms with Crippen molar-refractivity contribution < 1.29 is 14.3 Å². The highest BCUT2D eigenvalue weighted by atomic mass is 16.5. The normalized spacial score (nSPS) is 26.4. The Labute approximate surface area is 135 Å². The molecule has 2 aliphatic heterocycles. The fraction of sp³-hybridized carbons (Fsp3) is 0.500. The van der Waals surface area contributed by atoms with Gasteiger partial charge in [-0.25, -0.2) is 0 Å². The molecule has 1 aromatic carbocycles. The molecule has 4 rings (SSSR count). The number of H-pyrrole nitrogens is 1. The third-order valence-electron chi connectivity index (χ3n) is 5.42. The molecule has 5 heteroatoms. The Morgan fingerprint density at radius 3 is 2.96 bits per heavy atom. The van der Waals surface area contributed by atoms with Crippen molar-refractivity contribution >= 4 is 16.9 Å². The van der Waals surface area contributed by atoms with Gasteiger partial charge in [0, 0.05) is 29.7 Å². The van der Waals surface area contributed by atoms with Gasteiger partial charge in [0.15, 0.2) is 0 Å². The van der Waals surface area contributed by atoms with Gasteiger partial charge in [-0.3, -0.25) is 4.79 Å². The molecule has 1 fully saturated rings. The average molecular weight is 314 g/mol. The summed E-state index contributed by atoms with van der Waals surface area (Å²) < 4.78 is 10.6. The molecule has 23 heavy (non-hydrogen) atoms. The summed E-state index contributed by atoms with van der Waals surface area (Å²) in [6.07, 6.45) is 2.81. The standard InChI is InChI=1S/C18H22N2O3/c1-22-12-4-5-15-14(10-12)13-6-9-20-8-3-7-18(11-20,16(13)19-15)17(21)23-2/h4-5,10,19H,3,6-9,11H2,1-2H3. The lowest BCUT2D eigenvalue weighted by Crippen LogP contribution is -2.50. The molecule has 1 aromatic heterocycles. The Hall–Kier alpha value is -2.01. The van der Waals surface area contributed by atoms with Crippen molar-refractivity contribution in [3.05, 3.63) is 29.5 Å². The molecule has 2 atom stereocenters. The van der Waals surface area contributed by atoms with Gasteiger partial charge >= 0.3 is 5.97 Å². The molecule has 122 valence electrons. The fourth-order valence-corrected chi connectivity index (χ4v) is 4.30. The van der Waals surface area contributed by atoms with E-state index in [1.165, 1.54) is 12.7 Å². The zero-order valence-electron chi connectivity index (χ0n) is 13.6. The number of aromatic nitrogens is 1. The molecule has 0 radical (unpaired) electrons. The van der Waals surface area contributed by atoms with E-state index in [4.69, 9.17) is 9.47 Å². The van der Waals surface area contributed by atoms with Crippen LogP contribution in [0.15, 0.2) is 18.2 Å². The first kappa shape index (κ1) is 14.6. The first-order chi connectivity index (χ1) is 11.2. The van der Waals surface area contributed by atoms with Crippen LogP contribution in [0.4, 0.5) is 0 Å². The Balaban J connectivity index is 1.96. The Morgan fingerprint density at radius 2 is 2.17 bits per heavy atom. The van der Waals surface area contributed by atoms with E-state index in [1.807, 2.05) is 12.1 Å². The third kappa shape index (κ3) is 2.06. The molecule has 2 bridgehead atoms. The molecule has 2 unspecified atom stereocenters. The predicted molar refractivity (Wildman–Crippen MR) is 87.9 cm³/mol. The van der Waals surface area contributed by atoms with Crippen LogP contribution in [0.5, 0.6) is 5.75 Å². The number of nitrogens with one attached hydrogen (secondary N) is 1. The van der Waals surface area contributed by atoms with Gasteiger partial charge in [0.1, 0.15) is 11.2 Å². The van der Waals surface area contributed by atoms with E-state index in [-0.39, 0.29) is 5.97 Å². The lowest BCUT2D eigenvalue weighted by molar-refractivity contribution is -0.150. The monoisotopic (exact) mass is 314 g/mol. The molecule has 0 spiro atoms. The summed E-state index contributed by atoms with van der Waals surface area (Å²) in [5.74, 6) is 0.725. The number of benzene rings is 1. The molecule has 2 aliphatic rings. The van der Waals surface area contributed by atoms with Gasteiger partial charge in [0.05, 0.1) is 14.2 Å². The highest BCUT2D eigenvalue weighted by molar-refractivity contribution is 5.91. The van der Waals surface area contributed by atoms with Crippen molar-refractivity contribution in [1.82, 2.24) is 9.88 Å². The van der Waals surface area contributed by atoms with Crippen LogP contribution < -0.4 is 4.74 Å². The van der Waals surface area contributed by atoms with Crippen LogP contribution in [0.25, 0.3) is 10.9 Å². The van der Waals surface area contributed by atoms with E-state index >= 15 is 0 Å². The quantitative estimate of drug-likeness (QED) is 0.864. The average Bonchev–Trinajstić information content (AvgIpc) is 2.92. The van der Waals surface area contributed by atoms with Gasteiger partial charge in [-0.15, -0.1) is 0 Å². The van der Waals surface area contributed by atoms with Gasteiger partial charge in [-0.05, 0) is 49.6 Å². The summed E-state index contributed by atoms with van der Waals surface area (Å²) in [5, 5.41) is 1.16. The maximum Gasteiger partial charge on any atom is 0.319 e. The van der Waals surface area contributed by atoms with Crippen LogP contribution in [0.2, 0.25) is 0 Å². The van der Waals surface area contributed by atoms with Crippen molar-refractivity contribution in [3.8, 4) is 5.75 Å². The van der Waals surface area contributed by atoms with Crippen molar-refractivity contribution in [2.75, 3.05) is 33.9 Å². The molecule has 2 aromatic rings. The van der Waals surface area contributed by atoms with Gasteiger partial charge in [-0.1, -0.05) is 0 Å². The number of carbonyl (C=O) groups excluding carboxylic acids is 1. The summed E-state index contributed by atoms with van der Waals surface area (Å²) >= 11 is 0. The minimum atomic E-state index is -0.564. The number of piperidine rings is 1. The number of nitrogens with zero attached hydrogens (tertiary/aromatic N) is 1. The van der Waals surface area contributed by atoms with E-state index in [9.17, 15) is 4.79 Å². The summed E-state index contributed by atoms with van der Waals surface area (Å²) in [5.41, 5.74) is 2.80. The van der Waals surface area contributed by atoms with E-state index in [0.717, 1.165) is 61.2 Å². The Bertz CT molecular complexity index is 767. The highest BCUT2D eigenvalue weighted by Crippen LogP contribution is 2.42. The second-order valence-electron chi connectivity index (χ2n) is 6.59. The van der Waals surface area contributed by atoms with Crippen LogP contribution in [0, 0.1) is 0 Å². The molecule has 0 saturated carbocycles. The van der Waals surface area contributed by atoms with Gasteiger partial charge in [-0.2, -0.15) is 0 Å². The zero-order chi connectivity index (χ0) is 16.0. The first-order valence-electron chi connectivity index (χ1n) is 8.18. The smallest absolute Gasteiger partial charge is 0.319 e. The van der Waals surface area contributed by atoms with Crippen LogP contribution in [-0.4, -0.2) is 49.7 Å². The molecule has 0 amide bonds. The van der Waals surface area contributed by atoms with Gasteiger partial charge < -0.3 is 19.4 Å². The number of hydrogen-bond donors (Lipinski definition) is 1. The van der Waals surface area contributed by atoms with Crippen LogP contribution in [0.1, 0.15) is 24.1 Å². The number of rotatable bonds is 2. The minimum Gasteiger partial charge on any atom is -0.497 e. The van der Waals surface area contributed by atoms with Crippen LogP contribution in [-0.2, 0) is 21.4 Å². The van der Waals surface area contributed by atoms with Crippen LogP contribution in [0.3, 0.4) is 0 Å². The lowest BCUT2D eigenvalue weighted by atomic mass is 9.76. The van der Waals surface area contributed by atoms with E-state index in [2.05, 4.69) is 16.0 Å². The summed E-state index contributed by atoms with van der Waals surface area (Å²) in [6.45, 7) is 2.79.